The van der Waals surface area contributed by atoms with Crippen LogP contribution in [0.2, 0.25) is 0 Å². The molecule has 0 saturated heterocycles. The largest absolute Gasteiger partial charge is 0.390 e. The summed E-state index contributed by atoms with van der Waals surface area (Å²) in [6.45, 7) is 0. The van der Waals surface area contributed by atoms with E-state index in [4.69, 9.17) is 10.2 Å². The molecule has 3 aromatic carbocycles. The first kappa shape index (κ1) is 19.7. The van der Waals surface area contributed by atoms with Crippen LogP contribution in [0.4, 0.5) is 0 Å². The molecule has 5 N–H and O–H groups in total. The van der Waals surface area contributed by atoms with E-state index in [9.17, 15) is 14.4 Å². The highest BCUT2D eigenvalue weighted by Crippen LogP contribution is 2.41. The van der Waals surface area contributed by atoms with Gasteiger partial charge in [-0.2, -0.15) is 0 Å². The molecule has 0 spiro atoms. The zero-order valence-corrected chi connectivity index (χ0v) is 17.3. The van der Waals surface area contributed by atoms with Crippen molar-refractivity contribution in [1.29, 1.82) is 0 Å². The smallest absolute Gasteiger partial charge is 0.259 e. The third-order valence-corrected chi connectivity index (χ3v) is 6.47. The minimum atomic E-state index is -1.10. The van der Waals surface area contributed by atoms with E-state index in [1.54, 1.807) is 0 Å². The van der Waals surface area contributed by atoms with E-state index in [2.05, 4.69) is 15.3 Å². The number of aromatic nitrogens is 2. The number of para-hydroxylation sites is 2. The number of amides is 2. The third-order valence-electron chi connectivity index (χ3n) is 6.47. The predicted octanol–water partition coefficient (Wildman–Crippen LogP) is 2.91. The van der Waals surface area contributed by atoms with Crippen molar-refractivity contribution in [3.63, 3.8) is 0 Å². The Morgan fingerprint density at radius 3 is 1.61 bits per heavy atom. The molecule has 33 heavy (non-hydrogen) atoms. The maximum Gasteiger partial charge on any atom is 0.259 e. The van der Waals surface area contributed by atoms with Crippen LogP contribution in [-0.4, -0.2) is 50.0 Å². The number of rotatable bonds is 0. The molecule has 3 heterocycles. The molecule has 2 atom stereocenters. The first-order chi connectivity index (χ1) is 16.0. The molecule has 1 aliphatic heterocycles. The van der Waals surface area contributed by atoms with Gasteiger partial charge in [-0.05, 0) is 18.6 Å². The predicted molar refractivity (Wildman–Crippen MR) is 123 cm³/mol. The number of aromatic amines is 2. The SMILES string of the molecule is O=C1CCC(O)C1O.O=C1NC(=O)c2c1c1c3ccccc3[nH]c1c1[nH]c3ccccc3c21. The standard InChI is InChI=1S/C20H11N3O2.C5H8O3/c24-19-15-13-9-5-1-3-7-11(9)21-17(13)18-14(16(15)20(25)23-19)10-6-2-4-8-12(10)22-18;6-3-1-2-4(7)5(3)8/h1-8,21-22H,(H,23,24,25);3,5-6,8H,1-2H2. The minimum absolute atomic E-state index is 0.238. The fourth-order valence-electron chi connectivity index (χ4n) is 4.92. The van der Waals surface area contributed by atoms with Crippen LogP contribution >= 0.6 is 0 Å². The summed E-state index contributed by atoms with van der Waals surface area (Å²) >= 11 is 0. The van der Waals surface area contributed by atoms with E-state index in [-0.39, 0.29) is 17.6 Å². The molecule has 0 bridgehead atoms. The second kappa shape index (κ2) is 6.99. The number of hydrogen-bond acceptors (Lipinski definition) is 5. The minimum Gasteiger partial charge on any atom is -0.390 e. The zero-order valence-electron chi connectivity index (χ0n) is 17.3. The molecule has 8 nitrogen and oxygen atoms in total. The Morgan fingerprint density at radius 2 is 1.21 bits per heavy atom. The van der Waals surface area contributed by atoms with Gasteiger partial charge in [-0.1, -0.05) is 36.4 Å². The van der Waals surface area contributed by atoms with E-state index >= 15 is 0 Å². The van der Waals surface area contributed by atoms with Crippen LogP contribution in [0.1, 0.15) is 33.6 Å². The van der Waals surface area contributed by atoms with Crippen LogP contribution in [-0.2, 0) is 4.79 Å². The fourth-order valence-corrected chi connectivity index (χ4v) is 4.92. The van der Waals surface area contributed by atoms with Crippen LogP contribution in [0.5, 0.6) is 0 Å². The Morgan fingerprint density at radius 1 is 0.727 bits per heavy atom. The van der Waals surface area contributed by atoms with Crippen molar-refractivity contribution >= 4 is 61.2 Å². The molecule has 1 fully saturated rings. The number of fused-ring (bicyclic) bond motifs is 10. The molecule has 8 heteroatoms. The summed E-state index contributed by atoms with van der Waals surface area (Å²) in [6.07, 6.45) is -1.17. The lowest BCUT2D eigenvalue weighted by atomic mass is 9.97. The Kier molecular flexibility index (Phi) is 4.17. The second-order valence-corrected chi connectivity index (χ2v) is 8.39. The van der Waals surface area contributed by atoms with E-state index < -0.39 is 12.2 Å². The van der Waals surface area contributed by atoms with Gasteiger partial charge in [-0.15, -0.1) is 0 Å². The first-order valence-electron chi connectivity index (χ1n) is 10.7. The number of H-pyrrole nitrogens is 2. The van der Waals surface area contributed by atoms with Gasteiger partial charge in [0.05, 0.1) is 28.3 Å². The summed E-state index contributed by atoms with van der Waals surface area (Å²) < 4.78 is 0. The number of carbonyl (C=O) groups excluding carboxylic acids is 3. The van der Waals surface area contributed by atoms with Gasteiger partial charge in [0, 0.05) is 39.0 Å². The summed E-state index contributed by atoms with van der Waals surface area (Å²) in [5, 5.41) is 23.3. The molecule has 1 saturated carbocycles. The summed E-state index contributed by atoms with van der Waals surface area (Å²) in [6, 6.07) is 15.7. The highest BCUT2D eigenvalue weighted by Gasteiger charge is 2.34. The van der Waals surface area contributed by atoms with Gasteiger partial charge in [-0.3, -0.25) is 19.7 Å². The van der Waals surface area contributed by atoms with Crippen LogP contribution in [0.25, 0.3) is 43.6 Å². The molecule has 5 aromatic rings. The summed E-state index contributed by atoms with van der Waals surface area (Å²) in [5.41, 5.74) is 4.53. The number of aliphatic hydroxyl groups is 2. The highest BCUT2D eigenvalue weighted by atomic mass is 16.3. The van der Waals surface area contributed by atoms with Crippen molar-refractivity contribution in [1.82, 2.24) is 15.3 Å². The summed E-state index contributed by atoms with van der Waals surface area (Å²) in [7, 11) is 0. The number of Topliss-reactive ketones (excluding diaryl/α,β-unsaturated/α-hetero) is 1. The molecule has 164 valence electrons. The van der Waals surface area contributed by atoms with Crippen molar-refractivity contribution in [2.75, 3.05) is 0 Å². The van der Waals surface area contributed by atoms with Crippen molar-refractivity contribution in [2.45, 2.75) is 25.0 Å². The highest BCUT2D eigenvalue weighted by molar-refractivity contribution is 6.39. The summed E-state index contributed by atoms with van der Waals surface area (Å²) in [5.74, 6) is -0.902. The zero-order chi connectivity index (χ0) is 22.9. The average Bonchev–Trinajstić information content (AvgIpc) is 3.54. The molecule has 2 amide bonds. The lowest BCUT2D eigenvalue weighted by molar-refractivity contribution is -0.126. The van der Waals surface area contributed by atoms with Crippen LogP contribution in [0, 0.1) is 0 Å². The lowest BCUT2D eigenvalue weighted by Gasteiger charge is -2.02. The molecule has 7 rings (SSSR count). The van der Waals surface area contributed by atoms with Gasteiger partial charge in [0.15, 0.2) is 5.78 Å². The monoisotopic (exact) mass is 441 g/mol. The summed E-state index contributed by atoms with van der Waals surface area (Å²) in [4.78, 5) is 42.4. The molecule has 1 aliphatic carbocycles. The Labute approximate surface area is 186 Å². The molecule has 2 aromatic heterocycles. The van der Waals surface area contributed by atoms with E-state index in [0.717, 1.165) is 43.6 Å². The number of aliphatic hydroxyl groups excluding tert-OH is 2. The van der Waals surface area contributed by atoms with Crippen molar-refractivity contribution in [3.05, 3.63) is 59.7 Å². The van der Waals surface area contributed by atoms with Crippen LogP contribution in [0.3, 0.4) is 0 Å². The molecule has 0 radical (unpaired) electrons. The third kappa shape index (κ3) is 2.75. The number of benzene rings is 3. The number of imide groups is 1. The molecular formula is C25H19N3O5. The van der Waals surface area contributed by atoms with Crippen LogP contribution in [0.15, 0.2) is 48.5 Å². The van der Waals surface area contributed by atoms with Crippen molar-refractivity contribution < 1.29 is 24.6 Å². The second-order valence-electron chi connectivity index (χ2n) is 8.39. The Bertz CT molecular complexity index is 1540. The van der Waals surface area contributed by atoms with E-state index in [1.165, 1.54) is 0 Å². The number of hydrogen-bond donors (Lipinski definition) is 5. The first-order valence-corrected chi connectivity index (χ1v) is 10.7. The number of nitrogens with one attached hydrogen (secondary N) is 3. The molecule has 2 unspecified atom stereocenters. The van der Waals surface area contributed by atoms with Crippen LogP contribution < -0.4 is 5.32 Å². The van der Waals surface area contributed by atoms with Crippen molar-refractivity contribution in [3.8, 4) is 0 Å². The van der Waals surface area contributed by atoms with Crippen molar-refractivity contribution in [2.24, 2.45) is 0 Å². The van der Waals surface area contributed by atoms with Gasteiger partial charge in [0.25, 0.3) is 11.8 Å². The lowest BCUT2D eigenvalue weighted by Crippen LogP contribution is -2.24. The molecule has 2 aliphatic rings. The van der Waals surface area contributed by atoms with Gasteiger partial charge in [0.1, 0.15) is 6.10 Å². The fraction of sp³-hybridized carbons (Fsp3) is 0.160. The Balaban J connectivity index is 0.000000221. The van der Waals surface area contributed by atoms with E-state index in [0.29, 0.717) is 24.0 Å². The van der Waals surface area contributed by atoms with Gasteiger partial charge in [0.2, 0.25) is 0 Å². The normalized spacial score (nSPS) is 20.0. The molecular weight excluding hydrogens is 422 g/mol. The maximum atomic E-state index is 12.6. The number of ketones is 1. The quantitative estimate of drug-likeness (QED) is 0.236. The number of carbonyl (C=O) groups is 3. The van der Waals surface area contributed by atoms with E-state index in [1.807, 2.05) is 48.5 Å². The van der Waals surface area contributed by atoms with Gasteiger partial charge in [-0.25, -0.2) is 0 Å². The maximum absolute atomic E-state index is 12.6. The Hall–Kier alpha value is -4.01. The van der Waals surface area contributed by atoms with Gasteiger partial charge >= 0.3 is 0 Å². The van der Waals surface area contributed by atoms with Gasteiger partial charge < -0.3 is 20.2 Å². The topological polar surface area (TPSA) is 135 Å². The average molecular weight is 441 g/mol.